The molecule has 2 heterocycles. The van der Waals surface area contributed by atoms with Crippen molar-refractivity contribution in [2.24, 2.45) is 7.05 Å². The molecule has 0 spiro atoms. The van der Waals surface area contributed by atoms with Crippen LogP contribution in [-0.4, -0.2) is 33.0 Å². The van der Waals surface area contributed by atoms with Crippen molar-refractivity contribution in [2.45, 2.75) is 11.6 Å². The van der Waals surface area contributed by atoms with E-state index >= 15 is 0 Å². The molecule has 0 radical (unpaired) electrons. The molecule has 1 amide bonds. The summed E-state index contributed by atoms with van der Waals surface area (Å²) in [7, 11) is 1.88. The monoisotopic (exact) mass is 376 g/mol. The number of rotatable bonds is 7. The SMILES string of the molecule is Cn1c(SCC(=O)NCCc2ccccc2F)nnc1-c1cccs1. The molecule has 0 bridgehead atoms. The number of thiophene rings is 1. The van der Waals surface area contributed by atoms with Gasteiger partial charge < -0.3 is 9.88 Å². The molecular formula is C17H17FN4OS2. The van der Waals surface area contributed by atoms with Gasteiger partial charge in [0.25, 0.3) is 0 Å². The van der Waals surface area contributed by atoms with E-state index in [0.717, 1.165) is 10.7 Å². The molecule has 1 aromatic carbocycles. The zero-order valence-corrected chi connectivity index (χ0v) is 15.2. The van der Waals surface area contributed by atoms with E-state index < -0.39 is 0 Å². The topological polar surface area (TPSA) is 59.8 Å². The fourth-order valence-electron chi connectivity index (χ4n) is 2.28. The maximum Gasteiger partial charge on any atom is 0.230 e. The Bertz CT molecular complexity index is 848. The lowest BCUT2D eigenvalue weighted by molar-refractivity contribution is -0.118. The van der Waals surface area contributed by atoms with E-state index in [1.165, 1.54) is 17.8 Å². The Labute approximate surface area is 153 Å². The molecule has 1 N–H and O–H groups in total. The van der Waals surface area contributed by atoms with Crippen molar-refractivity contribution in [3.63, 3.8) is 0 Å². The van der Waals surface area contributed by atoms with Crippen LogP contribution in [0.3, 0.4) is 0 Å². The van der Waals surface area contributed by atoms with Crippen LogP contribution < -0.4 is 5.32 Å². The lowest BCUT2D eigenvalue weighted by Crippen LogP contribution is -2.27. The van der Waals surface area contributed by atoms with Crippen LogP contribution in [0.5, 0.6) is 0 Å². The standard InChI is InChI=1S/C17H17FN4OS2/c1-22-16(14-7-4-10-24-14)20-21-17(22)25-11-15(23)19-9-8-12-5-2-3-6-13(12)18/h2-7,10H,8-9,11H2,1H3,(H,19,23). The second-order valence-electron chi connectivity index (χ2n) is 5.32. The number of carbonyl (C=O) groups excluding carboxylic acids is 1. The first-order valence-electron chi connectivity index (χ1n) is 7.71. The molecule has 3 rings (SSSR count). The van der Waals surface area contributed by atoms with Gasteiger partial charge in [-0.3, -0.25) is 4.79 Å². The minimum atomic E-state index is -0.244. The molecule has 130 valence electrons. The third-order valence-electron chi connectivity index (χ3n) is 3.58. The Balaban J connectivity index is 1.47. The van der Waals surface area contributed by atoms with Crippen LogP contribution in [0.4, 0.5) is 4.39 Å². The number of hydrogen-bond donors (Lipinski definition) is 1. The molecule has 0 aliphatic heterocycles. The Morgan fingerprint density at radius 1 is 1.28 bits per heavy atom. The summed E-state index contributed by atoms with van der Waals surface area (Å²) in [5.41, 5.74) is 0.601. The van der Waals surface area contributed by atoms with Crippen molar-refractivity contribution < 1.29 is 9.18 Å². The highest BCUT2D eigenvalue weighted by Crippen LogP contribution is 2.25. The molecule has 0 unspecified atom stereocenters. The normalized spacial score (nSPS) is 10.8. The highest BCUT2D eigenvalue weighted by molar-refractivity contribution is 7.99. The Kier molecular flexibility index (Phi) is 5.83. The zero-order valence-electron chi connectivity index (χ0n) is 13.6. The minimum absolute atomic E-state index is 0.109. The van der Waals surface area contributed by atoms with Crippen molar-refractivity contribution in [2.75, 3.05) is 12.3 Å². The zero-order chi connectivity index (χ0) is 17.6. The van der Waals surface area contributed by atoms with E-state index in [2.05, 4.69) is 15.5 Å². The van der Waals surface area contributed by atoms with Gasteiger partial charge in [0.1, 0.15) is 5.82 Å². The molecular weight excluding hydrogens is 359 g/mol. The van der Waals surface area contributed by atoms with E-state index in [1.807, 2.05) is 29.1 Å². The van der Waals surface area contributed by atoms with Crippen LogP contribution in [0.15, 0.2) is 46.9 Å². The predicted molar refractivity (Wildman–Crippen MR) is 98.2 cm³/mol. The molecule has 3 aromatic rings. The van der Waals surface area contributed by atoms with Gasteiger partial charge >= 0.3 is 0 Å². The van der Waals surface area contributed by atoms with E-state index in [4.69, 9.17) is 0 Å². The number of halogens is 1. The van der Waals surface area contributed by atoms with Crippen molar-refractivity contribution in [3.8, 4) is 10.7 Å². The van der Waals surface area contributed by atoms with Gasteiger partial charge in [0.15, 0.2) is 11.0 Å². The van der Waals surface area contributed by atoms with Gasteiger partial charge in [-0.05, 0) is 29.5 Å². The van der Waals surface area contributed by atoms with Crippen LogP contribution in [0.25, 0.3) is 10.7 Å². The van der Waals surface area contributed by atoms with E-state index in [1.54, 1.807) is 29.5 Å². The maximum atomic E-state index is 13.5. The third-order valence-corrected chi connectivity index (χ3v) is 5.47. The summed E-state index contributed by atoms with van der Waals surface area (Å²) in [6, 6.07) is 10.5. The summed E-state index contributed by atoms with van der Waals surface area (Å²) >= 11 is 2.93. The molecule has 5 nitrogen and oxygen atoms in total. The lowest BCUT2D eigenvalue weighted by atomic mass is 10.1. The van der Waals surface area contributed by atoms with Gasteiger partial charge in [0.05, 0.1) is 10.6 Å². The Hall–Kier alpha value is -2.19. The van der Waals surface area contributed by atoms with Crippen LogP contribution in [0.1, 0.15) is 5.56 Å². The summed E-state index contributed by atoms with van der Waals surface area (Å²) in [6.07, 6.45) is 0.468. The molecule has 0 fully saturated rings. The smallest absolute Gasteiger partial charge is 0.230 e. The predicted octanol–water partition coefficient (Wildman–Crippen LogP) is 3.13. The summed E-state index contributed by atoms with van der Waals surface area (Å²) < 4.78 is 15.4. The van der Waals surface area contributed by atoms with Gasteiger partial charge in [-0.25, -0.2) is 4.39 Å². The molecule has 0 saturated heterocycles. The lowest BCUT2D eigenvalue weighted by Gasteiger charge is -2.06. The first-order chi connectivity index (χ1) is 12.1. The molecule has 2 aromatic heterocycles. The summed E-state index contributed by atoms with van der Waals surface area (Å²) in [6.45, 7) is 0.402. The Morgan fingerprint density at radius 2 is 2.12 bits per heavy atom. The van der Waals surface area contributed by atoms with E-state index in [9.17, 15) is 9.18 Å². The molecule has 0 saturated carbocycles. The van der Waals surface area contributed by atoms with E-state index in [-0.39, 0.29) is 17.5 Å². The van der Waals surface area contributed by atoms with Crippen molar-refractivity contribution in [3.05, 3.63) is 53.2 Å². The molecule has 0 aliphatic rings. The molecule has 0 atom stereocenters. The van der Waals surface area contributed by atoms with Crippen molar-refractivity contribution in [1.82, 2.24) is 20.1 Å². The van der Waals surface area contributed by atoms with Crippen molar-refractivity contribution >= 4 is 29.0 Å². The number of amides is 1. The highest BCUT2D eigenvalue weighted by Gasteiger charge is 2.13. The number of carbonyl (C=O) groups is 1. The Morgan fingerprint density at radius 3 is 2.88 bits per heavy atom. The fourth-order valence-corrected chi connectivity index (χ4v) is 3.76. The first-order valence-corrected chi connectivity index (χ1v) is 9.58. The number of hydrogen-bond acceptors (Lipinski definition) is 5. The summed E-state index contributed by atoms with van der Waals surface area (Å²) in [5.74, 6) is 0.680. The van der Waals surface area contributed by atoms with Crippen LogP contribution in [0.2, 0.25) is 0 Å². The largest absolute Gasteiger partial charge is 0.355 e. The number of benzene rings is 1. The molecule has 0 aliphatic carbocycles. The fraction of sp³-hybridized carbons (Fsp3) is 0.235. The van der Waals surface area contributed by atoms with Gasteiger partial charge in [-0.1, -0.05) is 36.0 Å². The van der Waals surface area contributed by atoms with Crippen LogP contribution in [0, 0.1) is 5.82 Å². The van der Waals surface area contributed by atoms with Gasteiger partial charge in [0.2, 0.25) is 5.91 Å². The number of aromatic nitrogens is 3. The summed E-state index contributed by atoms with van der Waals surface area (Å²) in [4.78, 5) is 13.0. The van der Waals surface area contributed by atoms with Gasteiger partial charge in [-0.2, -0.15) is 0 Å². The molecule has 25 heavy (non-hydrogen) atoms. The average molecular weight is 376 g/mol. The van der Waals surface area contributed by atoms with Crippen molar-refractivity contribution in [1.29, 1.82) is 0 Å². The average Bonchev–Trinajstić information content (AvgIpc) is 3.24. The number of nitrogens with one attached hydrogen (secondary N) is 1. The van der Waals surface area contributed by atoms with E-state index in [0.29, 0.717) is 23.7 Å². The van der Waals surface area contributed by atoms with Crippen LogP contribution >= 0.6 is 23.1 Å². The highest BCUT2D eigenvalue weighted by atomic mass is 32.2. The second-order valence-corrected chi connectivity index (χ2v) is 7.21. The number of thioether (sulfide) groups is 1. The number of nitrogens with zero attached hydrogens (tertiary/aromatic N) is 3. The minimum Gasteiger partial charge on any atom is -0.355 e. The van der Waals surface area contributed by atoms with Gasteiger partial charge in [0, 0.05) is 13.6 Å². The maximum absolute atomic E-state index is 13.5. The quantitative estimate of drug-likeness (QED) is 0.644. The first kappa shape index (κ1) is 17.6. The molecule has 8 heteroatoms. The van der Waals surface area contributed by atoms with Gasteiger partial charge in [-0.15, -0.1) is 21.5 Å². The summed E-state index contributed by atoms with van der Waals surface area (Å²) in [5, 5.41) is 13.8. The second kappa shape index (κ2) is 8.26. The van der Waals surface area contributed by atoms with Crippen LogP contribution in [-0.2, 0) is 18.3 Å². The third kappa shape index (κ3) is 4.46.